The number of aryl methyl sites for hydroxylation is 1. The average molecular weight is 267 g/mol. The minimum atomic E-state index is -1.08. The van der Waals surface area contributed by atoms with Crippen molar-refractivity contribution in [3.05, 3.63) is 23.5 Å². The first-order chi connectivity index (χ1) is 8.86. The van der Waals surface area contributed by atoms with E-state index in [4.69, 9.17) is 10.8 Å². The molecule has 7 nitrogen and oxygen atoms in total. The molecule has 0 unspecified atom stereocenters. The highest BCUT2D eigenvalue weighted by atomic mass is 16.4. The van der Waals surface area contributed by atoms with Crippen molar-refractivity contribution in [2.75, 3.05) is 13.1 Å². The minimum absolute atomic E-state index is 0.220. The first-order valence-corrected chi connectivity index (χ1v) is 5.84. The Morgan fingerprint density at radius 2 is 2.05 bits per heavy atom. The Kier molecular flexibility index (Phi) is 4.68. The average Bonchev–Trinajstić information content (AvgIpc) is 2.69. The van der Waals surface area contributed by atoms with E-state index < -0.39 is 17.8 Å². The molecule has 0 aliphatic carbocycles. The predicted molar refractivity (Wildman–Crippen MR) is 67.8 cm³/mol. The molecule has 104 valence electrons. The molecule has 0 bridgehead atoms. The summed E-state index contributed by atoms with van der Waals surface area (Å²) in [5.74, 6) is -2.14. The first-order valence-electron chi connectivity index (χ1n) is 5.84. The second kappa shape index (κ2) is 6.03. The fraction of sp³-hybridized carbons (Fsp3) is 0.417. The fourth-order valence-electron chi connectivity index (χ4n) is 1.76. The molecule has 0 aliphatic rings. The first kappa shape index (κ1) is 14.7. The molecule has 1 rings (SSSR count). The van der Waals surface area contributed by atoms with E-state index >= 15 is 0 Å². The number of carbonyl (C=O) groups is 3. The fourth-order valence-corrected chi connectivity index (χ4v) is 1.76. The highest BCUT2D eigenvalue weighted by molar-refractivity contribution is 5.99. The summed E-state index contributed by atoms with van der Waals surface area (Å²) >= 11 is 0. The van der Waals surface area contributed by atoms with Crippen LogP contribution >= 0.6 is 0 Å². The topological polar surface area (TPSA) is 106 Å². The molecule has 0 fully saturated rings. The number of hydrogen-bond acceptors (Lipinski definition) is 3. The number of carbonyl (C=O) groups excluding carboxylic acids is 2. The zero-order valence-corrected chi connectivity index (χ0v) is 10.9. The van der Waals surface area contributed by atoms with Crippen molar-refractivity contribution in [2.45, 2.75) is 13.3 Å². The quantitative estimate of drug-likeness (QED) is 0.760. The van der Waals surface area contributed by atoms with Gasteiger partial charge in [0.2, 0.25) is 5.91 Å². The summed E-state index contributed by atoms with van der Waals surface area (Å²) in [7, 11) is 1.60. The van der Waals surface area contributed by atoms with E-state index in [1.807, 2.05) is 6.92 Å². The van der Waals surface area contributed by atoms with Gasteiger partial charge in [0.25, 0.3) is 5.91 Å². The Labute approximate surface area is 110 Å². The summed E-state index contributed by atoms with van der Waals surface area (Å²) in [6.45, 7) is 1.81. The molecule has 0 saturated carbocycles. The Hall–Kier alpha value is -2.31. The number of hydrogen-bond donors (Lipinski definition) is 2. The molecule has 19 heavy (non-hydrogen) atoms. The van der Waals surface area contributed by atoms with Crippen LogP contribution in [0.4, 0.5) is 0 Å². The molecule has 3 N–H and O–H groups in total. The number of aliphatic carboxylic acids is 1. The lowest BCUT2D eigenvalue weighted by Crippen LogP contribution is -2.37. The van der Waals surface area contributed by atoms with Gasteiger partial charge in [-0.1, -0.05) is 6.92 Å². The van der Waals surface area contributed by atoms with E-state index in [2.05, 4.69) is 0 Å². The van der Waals surface area contributed by atoms with E-state index in [-0.39, 0.29) is 17.8 Å². The third-order valence-electron chi connectivity index (χ3n) is 2.62. The van der Waals surface area contributed by atoms with E-state index in [0.29, 0.717) is 13.0 Å². The van der Waals surface area contributed by atoms with Crippen molar-refractivity contribution < 1.29 is 19.5 Å². The van der Waals surface area contributed by atoms with E-state index in [1.54, 1.807) is 7.05 Å². The van der Waals surface area contributed by atoms with Crippen LogP contribution in [0.1, 0.15) is 34.2 Å². The summed E-state index contributed by atoms with van der Waals surface area (Å²) in [6, 6.07) is 1.37. The minimum Gasteiger partial charge on any atom is -0.480 e. The second-order valence-electron chi connectivity index (χ2n) is 4.21. The summed E-state index contributed by atoms with van der Waals surface area (Å²) in [6.07, 6.45) is 2.09. The number of nitrogens with two attached hydrogens (primary N) is 1. The van der Waals surface area contributed by atoms with Gasteiger partial charge in [0, 0.05) is 19.8 Å². The molecular formula is C12H17N3O4. The molecule has 0 atom stereocenters. The second-order valence-corrected chi connectivity index (χ2v) is 4.21. The summed E-state index contributed by atoms with van der Waals surface area (Å²) < 4.78 is 1.47. The molecule has 2 amide bonds. The molecule has 1 aromatic heterocycles. The van der Waals surface area contributed by atoms with Crippen molar-refractivity contribution in [1.29, 1.82) is 0 Å². The van der Waals surface area contributed by atoms with Crippen molar-refractivity contribution >= 4 is 17.8 Å². The van der Waals surface area contributed by atoms with Gasteiger partial charge in [-0.3, -0.25) is 14.4 Å². The van der Waals surface area contributed by atoms with Gasteiger partial charge in [-0.2, -0.15) is 0 Å². The van der Waals surface area contributed by atoms with Gasteiger partial charge < -0.3 is 20.3 Å². The van der Waals surface area contributed by atoms with Gasteiger partial charge in [-0.05, 0) is 12.5 Å². The lowest BCUT2D eigenvalue weighted by atomic mass is 10.2. The molecule has 0 aromatic carbocycles. The van der Waals surface area contributed by atoms with Gasteiger partial charge in [0.1, 0.15) is 12.2 Å². The SMILES string of the molecule is CCCN(CC(=O)O)C(=O)c1cc(C(N)=O)cn1C. The van der Waals surface area contributed by atoms with Crippen LogP contribution in [0.5, 0.6) is 0 Å². The highest BCUT2D eigenvalue weighted by Gasteiger charge is 2.21. The molecule has 1 heterocycles. The number of carboxylic acids is 1. The monoisotopic (exact) mass is 267 g/mol. The molecule has 7 heteroatoms. The number of rotatable bonds is 6. The third-order valence-corrected chi connectivity index (χ3v) is 2.62. The Morgan fingerprint density at radius 3 is 2.47 bits per heavy atom. The summed E-state index contributed by atoms with van der Waals surface area (Å²) in [5, 5.41) is 8.79. The van der Waals surface area contributed by atoms with Crippen molar-refractivity contribution in [1.82, 2.24) is 9.47 Å². The third kappa shape index (κ3) is 3.57. The Bertz CT molecular complexity index is 507. The smallest absolute Gasteiger partial charge is 0.323 e. The number of amides is 2. The normalized spacial score (nSPS) is 10.2. The lowest BCUT2D eigenvalue weighted by Gasteiger charge is -2.20. The Morgan fingerprint density at radius 1 is 1.42 bits per heavy atom. The van der Waals surface area contributed by atoms with Crippen molar-refractivity contribution in [3.8, 4) is 0 Å². The van der Waals surface area contributed by atoms with Crippen LogP contribution in [0, 0.1) is 0 Å². The zero-order chi connectivity index (χ0) is 14.6. The largest absolute Gasteiger partial charge is 0.480 e. The maximum absolute atomic E-state index is 12.2. The summed E-state index contributed by atoms with van der Waals surface area (Å²) in [5.41, 5.74) is 5.60. The number of carboxylic acid groups (broad SMARTS) is 1. The van der Waals surface area contributed by atoms with Crippen LogP contribution in [-0.2, 0) is 11.8 Å². The lowest BCUT2D eigenvalue weighted by molar-refractivity contribution is -0.137. The maximum atomic E-state index is 12.2. The standard InChI is InChI=1S/C12H17N3O4/c1-3-4-15(7-10(16)17)12(19)9-5-8(11(13)18)6-14(9)2/h5-6H,3-4,7H2,1-2H3,(H2,13,18)(H,16,17). The van der Waals surface area contributed by atoms with Gasteiger partial charge in [0.15, 0.2) is 0 Å². The van der Waals surface area contributed by atoms with Crippen molar-refractivity contribution in [2.24, 2.45) is 12.8 Å². The zero-order valence-electron chi connectivity index (χ0n) is 10.9. The number of primary amides is 1. The van der Waals surface area contributed by atoms with E-state index in [9.17, 15) is 14.4 Å². The van der Waals surface area contributed by atoms with Crippen LogP contribution in [0.3, 0.4) is 0 Å². The molecule has 0 spiro atoms. The summed E-state index contributed by atoms with van der Waals surface area (Å²) in [4.78, 5) is 35.2. The van der Waals surface area contributed by atoms with Crippen LogP contribution < -0.4 is 5.73 Å². The molecular weight excluding hydrogens is 250 g/mol. The van der Waals surface area contributed by atoms with Crippen LogP contribution in [0.25, 0.3) is 0 Å². The molecule has 0 saturated heterocycles. The molecule has 0 radical (unpaired) electrons. The van der Waals surface area contributed by atoms with E-state index in [1.165, 1.54) is 21.7 Å². The van der Waals surface area contributed by atoms with Gasteiger partial charge in [-0.25, -0.2) is 0 Å². The highest BCUT2D eigenvalue weighted by Crippen LogP contribution is 2.10. The van der Waals surface area contributed by atoms with Crippen LogP contribution in [-0.4, -0.2) is 45.4 Å². The number of aromatic nitrogens is 1. The van der Waals surface area contributed by atoms with E-state index in [0.717, 1.165) is 0 Å². The van der Waals surface area contributed by atoms with Crippen LogP contribution in [0.15, 0.2) is 12.3 Å². The van der Waals surface area contributed by atoms with Crippen LogP contribution in [0.2, 0.25) is 0 Å². The molecule has 0 aliphatic heterocycles. The Balaban J connectivity index is 3.01. The van der Waals surface area contributed by atoms with Crippen molar-refractivity contribution in [3.63, 3.8) is 0 Å². The van der Waals surface area contributed by atoms with Gasteiger partial charge in [0.05, 0.1) is 5.56 Å². The molecule has 1 aromatic rings. The van der Waals surface area contributed by atoms with Gasteiger partial charge in [-0.15, -0.1) is 0 Å². The number of nitrogens with zero attached hydrogens (tertiary/aromatic N) is 2. The van der Waals surface area contributed by atoms with Gasteiger partial charge >= 0.3 is 5.97 Å². The predicted octanol–water partition coefficient (Wildman–Crippen LogP) is 0.0608. The maximum Gasteiger partial charge on any atom is 0.323 e.